The van der Waals surface area contributed by atoms with Crippen molar-refractivity contribution in [2.75, 3.05) is 47.3 Å². The highest BCUT2D eigenvalue weighted by Crippen LogP contribution is 2.39. The van der Waals surface area contributed by atoms with Gasteiger partial charge in [0.25, 0.3) is 0 Å². The van der Waals surface area contributed by atoms with Crippen LogP contribution in [0.1, 0.15) is 47.0 Å². The molecule has 1 aliphatic carbocycles. The summed E-state index contributed by atoms with van der Waals surface area (Å²) in [6.45, 7) is 14.4. The second-order valence-corrected chi connectivity index (χ2v) is 8.36. The molecule has 3 nitrogen and oxygen atoms in total. The van der Waals surface area contributed by atoms with E-state index in [2.05, 4.69) is 64.0 Å². The third-order valence-electron chi connectivity index (χ3n) is 5.00. The van der Waals surface area contributed by atoms with Crippen molar-refractivity contribution in [2.45, 2.75) is 53.0 Å². The first-order chi connectivity index (χ1) is 9.76. The normalized spacial score (nSPS) is 26.0. The molecule has 0 aromatic heterocycles. The van der Waals surface area contributed by atoms with Gasteiger partial charge in [-0.25, -0.2) is 0 Å². The zero-order valence-corrected chi connectivity index (χ0v) is 15.6. The third-order valence-corrected chi connectivity index (χ3v) is 5.00. The maximum absolute atomic E-state index is 3.63. The van der Waals surface area contributed by atoms with Crippen LogP contribution in [-0.2, 0) is 0 Å². The first-order valence-electron chi connectivity index (χ1n) is 8.80. The lowest BCUT2D eigenvalue weighted by Crippen LogP contribution is -2.52. The van der Waals surface area contributed by atoms with Crippen LogP contribution in [0.25, 0.3) is 0 Å². The first kappa shape index (κ1) is 18.9. The molecule has 0 aromatic rings. The van der Waals surface area contributed by atoms with Gasteiger partial charge in [-0.2, -0.15) is 0 Å². The summed E-state index contributed by atoms with van der Waals surface area (Å²) in [6, 6.07) is 0.653. The molecule has 3 heteroatoms. The van der Waals surface area contributed by atoms with Gasteiger partial charge in [0.2, 0.25) is 0 Å². The van der Waals surface area contributed by atoms with E-state index < -0.39 is 0 Å². The van der Waals surface area contributed by atoms with Crippen LogP contribution in [0, 0.1) is 17.3 Å². The molecule has 0 radical (unpaired) electrons. The Hall–Kier alpha value is -0.120. The Labute approximate surface area is 133 Å². The summed E-state index contributed by atoms with van der Waals surface area (Å²) in [6.07, 6.45) is 4.13. The Bertz CT molecular complexity index is 286. The van der Waals surface area contributed by atoms with Gasteiger partial charge >= 0.3 is 0 Å². The van der Waals surface area contributed by atoms with E-state index in [-0.39, 0.29) is 0 Å². The van der Waals surface area contributed by atoms with Crippen molar-refractivity contribution < 1.29 is 0 Å². The van der Waals surface area contributed by atoms with Crippen LogP contribution in [0.4, 0.5) is 0 Å². The van der Waals surface area contributed by atoms with Crippen molar-refractivity contribution >= 4 is 0 Å². The minimum atomic E-state index is 0.433. The molecule has 1 rings (SSSR count). The predicted molar refractivity (Wildman–Crippen MR) is 93.8 cm³/mol. The molecule has 21 heavy (non-hydrogen) atoms. The number of hydrogen-bond acceptors (Lipinski definition) is 3. The second-order valence-electron chi connectivity index (χ2n) is 8.36. The van der Waals surface area contributed by atoms with Crippen molar-refractivity contribution in [3.8, 4) is 0 Å². The molecular formula is C18H39N3. The standard InChI is InChI=1S/C18H39N3/c1-15(2)13-21(12-11-20(6)7)14-16-9-8-10-18(3,4)17(16)19-5/h15-17,19H,8-14H2,1-7H3. The number of nitrogens with zero attached hydrogens (tertiary/aromatic N) is 2. The Morgan fingerprint density at radius 3 is 2.38 bits per heavy atom. The number of hydrogen-bond donors (Lipinski definition) is 1. The van der Waals surface area contributed by atoms with E-state index in [1.807, 2.05) is 0 Å². The quantitative estimate of drug-likeness (QED) is 0.743. The van der Waals surface area contributed by atoms with E-state index in [0.29, 0.717) is 11.5 Å². The Kier molecular flexibility index (Phi) is 7.66. The molecule has 2 unspecified atom stereocenters. The Morgan fingerprint density at radius 2 is 1.86 bits per heavy atom. The van der Waals surface area contributed by atoms with Crippen LogP contribution < -0.4 is 5.32 Å². The number of rotatable bonds is 8. The van der Waals surface area contributed by atoms with Crippen LogP contribution in [0.5, 0.6) is 0 Å². The zero-order valence-electron chi connectivity index (χ0n) is 15.6. The molecule has 1 fully saturated rings. The fourth-order valence-electron chi connectivity index (χ4n) is 4.05. The zero-order chi connectivity index (χ0) is 16.0. The van der Waals surface area contributed by atoms with E-state index in [4.69, 9.17) is 0 Å². The average Bonchev–Trinajstić information content (AvgIpc) is 2.34. The summed E-state index contributed by atoms with van der Waals surface area (Å²) in [5.41, 5.74) is 0.433. The molecule has 0 aromatic carbocycles. The Balaban J connectivity index is 2.66. The lowest BCUT2D eigenvalue weighted by molar-refractivity contribution is 0.0774. The molecule has 0 heterocycles. The molecule has 126 valence electrons. The van der Waals surface area contributed by atoms with Gasteiger partial charge in [0.1, 0.15) is 0 Å². The summed E-state index contributed by atoms with van der Waals surface area (Å²) in [5.74, 6) is 1.54. The van der Waals surface area contributed by atoms with Crippen molar-refractivity contribution in [3.63, 3.8) is 0 Å². The largest absolute Gasteiger partial charge is 0.316 e. The van der Waals surface area contributed by atoms with Crippen LogP contribution in [0.15, 0.2) is 0 Å². The molecule has 1 N–H and O–H groups in total. The van der Waals surface area contributed by atoms with Gasteiger partial charge in [0.15, 0.2) is 0 Å². The van der Waals surface area contributed by atoms with Gasteiger partial charge in [0.05, 0.1) is 0 Å². The summed E-state index contributed by atoms with van der Waals surface area (Å²) in [4.78, 5) is 4.99. The predicted octanol–water partition coefficient (Wildman–Crippen LogP) is 2.92. The van der Waals surface area contributed by atoms with Crippen molar-refractivity contribution in [2.24, 2.45) is 17.3 Å². The SMILES string of the molecule is CNC1C(CN(CCN(C)C)CC(C)C)CCCC1(C)C. The monoisotopic (exact) mass is 297 g/mol. The van der Waals surface area contributed by atoms with E-state index in [1.54, 1.807) is 0 Å². The van der Waals surface area contributed by atoms with Crippen LogP contribution in [-0.4, -0.2) is 63.2 Å². The molecule has 0 bridgehead atoms. The summed E-state index contributed by atoms with van der Waals surface area (Å²) >= 11 is 0. The molecule has 1 aliphatic rings. The van der Waals surface area contributed by atoms with Gasteiger partial charge in [-0.15, -0.1) is 0 Å². The molecular weight excluding hydrogens is 258 g/mol. The molecule has 2 atom stereocenters. The lowest BCUT2D eigenvalue weighted by Gasteiger charge is -2.45. The van der Waals surface area contributed by atoms with Crippen molar-refractivity contribution in [1.82, 2.24) is 15.1 Å². The van der Waals surface area contributed by atoms with E-state index in [9.17, 15) is 0 Å². The van der Waals surface area contributed by atoms with Crippen LogP contribution in [0.2, 0.25) is 0 Å². The third kappa shape index (κ3) is 6.25. The average molecular weight is 298 g/mol. The van der Waals surface area contributed by atoms with Gasteiger partial charge < -0.3 is 15.1 Å². The maximum atomic E-state index is 3.63. The van der Waals surface area contributed by atoms with E-state index in [1.165, 1.54) is 38.9 Å². The number of likely N-dealkylation sites (N-methyl/N-ethyl adjacent to an activating group) is 1. The lowest BCUT2D eigenvalue weighted by atomic mass is 9.68. The minimum Gasteiger partial charge on any atom is -0.316 e. The second kappa shape index (κ2) is 8.50. The highest BCUT2D eigenvalue weighted by Gasteiger charge is 2.38. The first-order valence-corrected chi connectivity index (χ1v) is 8.80. The molecule has 0 saturated heterocycles. The van der Waals surface area contributed by atoms with E-state index >= 15 is 0 Å². The molecule has 0 aliphatic heterocycles. The molecule has 0 spiro atoms. The van der Waals surface area contributed by atoms with Crippen molar-refractivity contribution in [1.29, 1.82) is 0 Å². The number of nitrogens with one attached hydrogen (secondary N) is 1. The van der Waals surface area contributed by atoms with E-state index in [0.717, 1.165) is 18.4 Å². The van der Waals surface area contributed by atoms with Gasteiger partial charge in [-0.05, 0) is 51.2 Å². The van der Waals surface area contributed by atoms with Gasteiger partial charge in [0, 0.05) is 32.2 Å². The van der Waals surface area contributed by atoms with Crippen molar-refractivity contribution in [3.05, 3.63) is 0 Å². The summed E-state index contributed by atoms with van der Waals surface area (Å²) in [5, 5.41) is 3.63. The topological polar surface area (TPSA) is 18.5 Å². The van der Waals surface area contributed by atoms with Crippen LogP contribution >= 0.6 is 0 Å². The maximum Gasteiger partial charge on any atom is 0.0156 e. The van der Waals surface area contributed by atoms with Gasteiger partial charge in [-0.1, -0.05) is 34.1 Å². The summed E-state index contributed by atoms with van der Waals surface area (Å²) in [7, 11) is 6.50. The fraction of sp³-hybridized carbons (Fsp3) is 1.00. The molecule has 1 saturated carbocycles. The molecule has 0 amide bonds. The highest BCUT2D eigenvalue weighted by atomic mass is 15.2. The smallest absolute Gasteiger partial charge is 0.0156 e. The fourth-order valence-corrected chi connectivity index (χ4v) is 4.05. The highest BCUT2D eigenvalue weighted by molar-refractivity contribution is 4.93. The Morgan fingerprint density at radius 1 is 1.19 bits per heavy atom. The minimum absolute atomic E-state index is 0.433. The van der Waals surface area contributed by atoms with Crippen LogP contribution in [0.3, 0.4) is 0 Å². The summed E-state index contributed by atoms with van der Waals surface area (Å²) < 4.78 is 0. The van der Waals surface area contributed by atoms with Gasteiger partial charge in [-0.3, -0.25) is 0 Å².